The number of fused-ring (bicyclic) bond motifs is 1. The van der Waals surface area contributed by atoms with Gasteiger partial charge in [-0.15, -0.1) is 0 Å². The molecule has 0 atom stereocenters. The van der Waals surface area contributed by atoms with Gasteiger partial charge in [0.1, 0.15) is 5.65 Å². The summed E-state index contributed by atoms with van der Waals surface area (Å²) in [6, 6.07) is 3.88. The highest BCUT2D eigenvalue weighted by atomic mass is 16.4. The van der Waals surface area contributed by atoms with E-state index in [2.05, 4.69) is 23.7 Å². The molecule has 1 N–H and O–H groups in total. The van der Waals surface area contributed by atoms with Gasteiger partial charge in [0.2, 0.25) is 0 Å². The number of imidazole rings is 1. The Bertz CT molecular complexity index is 619. The van der Waals surface area contributed by atoms with E-state index in [0.29, 0.717) is 11.3 Å². The first kappa shape index (κ1) is 14.4. The molecule has 108 valence electrons. The molecule has 2 aromatic heterocycles. The summed E-state index contributed by atoms with van der Waals surface area (Å²) >= 11 is 0. The van der Waals surface area contributed by atoms with E-state index in [0.717, 1.165) is 31.6 Å². The minimum atomic E-state index is -0.941. The number of unbranched alkanes of at least 4 members (excludes halogenated alkanes) is 1. The van der Waals surface area contributed by atoms with E-state index in [-0.39, 0.29) is 5.69 Å². The average molecular weight is 275 g/mol. The highest BCUT2D eigenvalue weighted by Gasteiger charge is 2.16. The fraction of sp³-hybridized carbons (Fsp3) is 0.467. The molecular formula is C15H21N3O2. The second-order valence-electron chi connectivity index (χ2n) is 4.90. The Morgan fingerprint density at radius 3 is 2.75 bits per heavy atom. The molecule has 0 saturated heterocycles. The van der Waals surface area contributed by atoms with Crippen LogP contribution < -0.4 is 4.90 Å². The lowest BCUT2D eigenvalue weighted by molar-refractivity contribution is 0.0688. The molecule has 0 fully saturated rings. The number of carboxylic acid groups (broad SMARTS) is 1. The first-order chi connectivity index (χ1) is 9.58. The molecule has 0 saturated carbocycles. The van der Waals surface area contributed by atoms with E-state index in [1.807, 2.05) is 18.3 Å². The van der Waals surface area contributed by atoms with Crippen molar-refractivity contribution in [1.29, 1.82) is 0 Å². The van der Waals surface area contributed by atoms with Crippen LogP contribution >= 0.6 is 0 Å². The predicted octanol–water partition coefficient (Wildman–Crippen LogP) is 2.97. The van der Waals surface area contributed by atoms with Crippen LogP contribution in [-0.4, -0.2) is 33.6 Å². The number of pyridine rings is 1. The van der Waals surface area contributed by atoms with E-state index in [1.54, 1.807) is 11.3 Å². The van der Waals surface area contributed by atoms with Crippen LogP contribution in [0.5, 0.6) is 0 Å². The number of rotatable bonds is 6. The molecule has 0 unspecified atom stereocenters. The van der Waals surface area contributed by atoms with Crippen LogP contribution in [0, 0.1) is 6.92 Å². The van der Waals surface area contributed by atoms with Crippen LogP contribution in [0.15, 0.2) is 18.3 Å². The number of carbonyl (C=O) groups is 1. The number of hydrogen-bond acceptors (Lipinski definition) is 3. The van der Waals surface area contributed by atoms with Gasteiger partial charge in [-0.1, -0.05) is 13.3 Å². The molecular weight excluding hydrogens is 254 g/mol. The van der Waals surface area contributed by atoms with Crippen molar-refractivity contribution in [2.45, 2.75) is 33.6 Å². The third-order valence-corrected chi connectivity index (χ3v) is 3.51. The topological polar surface area (TPSA) is 57.8 Å². The highest BCUT2D eigenvalue weighted by Crippen LogP contribution is 2.19. The quantitative estimate of drug-likeness (QED) is 0.880. The second kappa shape index (κ2) is 5.94. The van der Waals surface area contributed by atoms with Gasteiger partial charge < -0.3 is 10.0 Å². The Balaban J connectivity index is 2.46. The van der Waals surface area contributed by atoms with Crippen molar-refractivity contribution in [1.82, 2.24) is 9.38 Å². The zero-order valence-corrected chi connectivity index (χ0v) is 12.3. The van der Waals surface area contributed by atoms with E-state index in [9.17, 15) is 9.90 Å². The number of nitrogens with zero attached hydrogens (tertiary/aromatic N) is 3. The molecule has 0 aliphatic carbocycles. The van der Waals surface area contributed by atoms with Crippen LogP contribution in [0.3, 0.4) is 0 Å². The van der Waals surface area contributed by atoms with Crippen molar-refractivity contribution in [3.05, 3.63) is 29.7 Å². The molecule has 0 spiro atoms. The van der Waals surface area contributed by atoms with Crippen LogP contribution in [0.25, 0.3) is 5.65 Å². The highest BCUT2D eigenvalue weighted by molar-refractivity contribution is 5.88. The van der Waals surface area contributed by atoms with Gasteiger partial charge in [-0.25, -0.2) is 9.78 Å². The predicted molar refractivity (Wildman–Crippen MR) is 79.7 cm³/mol. The van der Waals surface area contributed by atoms with Crippen LogP contribution in [0.4, 0.5) is 5.69 Å². The van der Waals surface area contributed by atoms with E-state index < -0.39 is 5.97 Å². The zero-order chi connectivity index (χ0) is 14.7. The van der Waals surface area contributed by atoms with E-state index >= 15 is 0 Å². The molecule has 5 heteroatoms. The van der Waals surface area contributed by atoms with Gasteiger partial charge >= 0.3 is 5.97 Å². The molecule has 2 rings (SSSR count). The Morgan fingerprint density at radius 2 is 2.15 bits per heavy atom. The molecule has 0 aromatic carbocycles. The van der Waals surface area contributed by atoms with Gasteiger partial charge in [-0.2, -0.15) is 0 Å². The number of aromatic carboxylic acids is 1. The molecule has 0 radical (unpaired) electrons. The van der Waals surface area contributed by atoms with Crippen molar-refractivity contribution >= 4 is 17.3 Å². The van der Waals surface area contributed by atoms with Crippen LogP contribution in [0.2, 0.25) is 0 Å². The van der Waals surface area contributed by atoms with Gasteiger partial charge in [0.25, 0.3) is 0 Å². The Morgan fingerprint density at radius 1 is 1.40 bits per heavy atom. The lowest BCUT2D eigenvalue weighted by Gasteiger charge is -2.23. The molecule has 0 aliphatic heterocycles. The van der Waals surface area contributed by atoms with Crippen molar-refractivity contribution < 1.29 is 9.90 Å². The number of aromatic nitrogens is 2. The number of carboxylic acids is 1. The Labute approximate surface area is 118 Å². The zero-order valence-electron chi connectivity index (χ0n) is 12.3. The molecule has 0 aliphatic rings. The first-order valence-electron chi connectivity index (χ1n) is 7.05. The summed E-state index contributed by atoms with van der Waals surface area (Å²) < 4.78 is 1.67. The van der Waals surface area contributed by atoms with Gasteiger partial charge in [0, 0.05) is 19.3 Å². The summed E-state index contributed by atoms with van der Waals surface area (Å²) in [4.78, 5) is 17.9. The fourth-order valence-electron chi connectivity index (χ4n) is 2.41. The number of anilines is 1. The van der Waals surface area contributed by atoms with Gasteiger partial charge in [-0.05, 0) is 32.4 Å². The maximum atomic E-state index is 11.3. The van der Waals surface area contributed by atoms with Crippen molar-refractivity contribution in [3.63, 3.8) is 0 Å². The maximum absolute atomic E-state index is 11.3. The van der Waals surface area contributed by atoms with Crippen LogP contribution in [-0.2, 0) is 0 Å². The molecule has 20 heavy (non-hydrogen) atoms. The largest absolute Gasteiger partial charge is 0.477 e. The van der Waals surface area contributed by atoms with Crippen molar-refractivity contribution in [2.24, 2.45) is 0 Å². The third-order valence-electron chi connectivity index (χ3n) is 3.51. The molecule has 5 nitrogen and oxygen atoms in total. The smallest absolute Gasteiger partial charge is 0.354 e. The molecule has 0 bridgehead atoms. The SMILES string of the molecule is CCCCN(CC)c1ccc2nc(C)c(C(=O)O)n2c1. The molecule has 2 aromatic rings. The normalized spacial score (nSPS) is 10.9. The van der Waals surface area contributed by atoms with E-state index in [4.69, 9.17) is 0 Å². The third kappa shape index (κ3) is 2.61. The summed E-state index contributed by atoms with van der Waals surface area (Å²) in [7, 11) is 0. The van der Waals surface area contributed by atoms with E-state index in [1.165, 1.54) is 0 Å². The minimum Gasteiger partial charge on any atom is -0.477 e. The van der Waals surface area contributed by atoms with Crippen molar-refractivity contribution in [3.8, 4) is 0 Å². The summed E-state index contributed by atoms with van der Waals surface area (Å²) in [6.45, 7) is 7.89. The standard InChI is InChI=1S/C15H21N3O2/c1-4-6-9-17(5-2)12-7-8-13-16-11(3)14(15(19)20)18(13)10-12/h7-8,10H,4-6,9H2,1-3H3,(H,19,20). The fourth-order valence-corrected chi connectivity index (χ4v) is 2.41. The Kier molecular flexibility index (Phi) is 4.27. The molecule has 0 amide bonds. The number of aryl methyl sites for hydroxylation is 1. The lowest BCUT2D eigenvalue weighted by Crippen LogP contribution is -2.24. The molecule has 2 heterocycles. The lowest BCUT2D eigenvalue weighted by atomic mass is 10.3. The van der Waals surface area contributed by atoms with Crippen LogP contribution in [0.1, 0.15) is 42.9 Å². The number of hydrogen-bond donors (Lipinski definition) is 1. The van der Waals surface area contributed by atoms with Crippen molar-refractivity contribution in [2.75, 3.05) is 18.0 Å². The minimum absolute atomic E-state index is 0.244. The Hall–Kier alpha value is -2.04. The van der Waals surface area contributed by atoms with Gasteiger partial charge in [0.05, 0.1) is 11.4 Å². The monoisotopic (exact) mass is 275 g/mol. The second-order valence-corrected chi connectivity index (χ2v) is 4.90. The first-order valence-corrected chi connectivity index (χ1v) is 7.05. The average Bonchev–Trinajstić information content (AvgIpc) is 2.74. The van der Waals surface area contributed by atoms with Gasteiger partial charge in [0.15, 0.2) is 5.69 Å². The van der Waals surface area contributed by atoms with Gasteiger partial charge in [-0.3, -0.25) is 4.40 Å². The summed E-state index contributed by atoms with van der Waals surface area (Å²) in [6.07, 6.45) is 4.14. The summed E-state index contributed by atoms with van der Waals surface area (Å²) in [5, 5.41) is 9.31. The summed E-state index contributed by atoms with van der Waals surface area (Å²) in [5.41, 5.74) is 2.50. The maximum Gasteiger partial charge on any atom is 0.354 e. The summed E-state index contributed by atoms with van der Waals surface area (Å²) in [5.74, 6) is -0.941.